The lowest BCUT2D eigenvalue weighted by atomic mass is 9.96. The molecule has 1 fully saturated rings. The number of thiophene rings is 1. The fourth-order valence-corrected chi connectivity index (χ4v) is 4.96. The molecule has 4 heterocycles. The summed E-state index contributed by atoms with van der Waals surface area (Å²) in [4.78, 5) is 27.4. The van der Waals surface area contributed by atoms with Crippen molar-refractivity contribution in [3.8, 4) is 0 Å². The average Bonchev–Trinajstić information content (AvgIpc) is 3.37. The minimum Gasteiger partial charge on any atom is -0.351 e. The highest BCUT2D eigenvalue weighted by atomic mass is 32.1. The molecule has 1 saturated heterocycles. The van der Waals surface area contributed by atoms with Gasteiger partial charge in [0, 0.05) is 44.9 Å². The Morgan fingerprint density at radius 3 is 2.97 bits per heavy atom. The third kappa shape index (κ3) is 4.86. The number of nitrogens with one attached hydrogen (secondary N) is 1. The zero-order valence-electron chi connectivity index (χ0n) is 16.8. The molecule has 2 aliphatic rings. The molecule has 2 aliphatic heterocycles. The van der Waals surface area contributed by atoms with E-state index in [1.54, 1.807) is 0 Å². The van der Waals surface area contributed by atoms with Gasteiger partial charge < -0.3 is 14.8 Å². The van der Waals surface area contributed by atoms with Crippen LogP contribution in [0.3, 0.4) is 0 Å². The normalized spacial score (nSPS) is 19.4. The van der Waals surface area contributed by atoms with Gasteiger partial charge in [0.15, 0.2) is 0 Å². The van der Waals surface area contributed by atoms with E-state index in [0.29, 0.717) is 24.3 Å². The van der Waals surface area contributed by atoms with Crippen molar-refractivity contribution in [2.75, 3.05) is 19.6 Å². The van der Waals surface area contributed by atoms with E-state index in [1.165, 1.54) is 30.6 Å². The zero-order valence-corrected chi connectivity index (χ0v) is 17.6. The second kappa shape index (κ2) is 9.52. The van der Waals surface area contributed by atoms with Crippen molar-refractivity contribution in [3.05, 3.63) is 34.0 Å². The zero-order chi connectivity index (χ0) is 20.1. The maximum Gasteiger partial charge on any atom is 0.261 e. The second-order valence-corrected chi connectivity index (χ2v) is 8.90. The first-order chi connectivity index (χ1) is 14.2. The molecule has 0 saturated carbocycles. The molecule has 4 rings (SSSR count). The Kier molecular flexibility index (Phi) is 6.59. The van der Waals surface area contributed by atoms with E-state index in [2.05, 4.69) is 20.1 Å². The van der Waals surface area contributed by atoms with Gasteiger partial charge in [0.05, 0.1) is 4.88 Å². The van der Waals surface area contributed by atoms with Crippen LogP contribution in [0, 0.1) is 0 Å². The van der Waals surface area contributed by atoms with Crippen LogP contribution in [0.25, 0.3) is 0 Å². The number of aryl methyl sites for hydroxylation is 1. The summed E-state index contributed by atoms with van der Waals surface area (Å²) in [5.74, 6) is 2.59. The Bertz CT molecular complexity index is 832. The Morgan fingerprint density at radius 1 is 1.17 bits per heavy atom. The Balaban J connectivity index is 1.27. The molecule has 0 radical (unpaired) electrons. The SMILES string of the molecule is O=C(NCCCC(=O)N1CCCC(c2nnc3n2CCCCC3)C1)c1cccs1. The number of carbonyl (C=O) groups is 2. The van der Waals surface area contributed by atoms with Crippen molar-refractivity contribution in [2.24, 2.45) is 0 Å². The van der Waals surface area contributed by atoms with E-state index >= 15 is 0 Å². The van der Waals surface area contributed by atoms with Crippen molar-refractivity contribution in [3.63, 3.8) is 0 Å². The largest absolute Gasteiger partial charge is 0.351 e. The molecule has 7 nitrogen and oxygen atoms in total. The van der Waals surface area contributed by atoms with Gasteiger partial charge in [-0.25, -0.2) is 0 Å². The van der Waals surface area contributed by atoms with Gasteiger partial charge in [-0.2, -0.15) is 0 Å². The summed E-state index contributed by atoms with van der Waals surface area (Å²) in [7, 11) is 0. The topological polar surface area (TPSA) is 80.1 Å². The minimum absolute atomic E-state index is 0.0574. The lowest BCUT2D eigenvalue weighted by Gasteiger charge is -2.32. The Hall–Kier alpha value is -2.22. The highest BCUT2D eigenvalue weighted by Crippen LogP contribution is 2.28. The van der Waals surface area contributed by atoms with E-state index < -0.39 is 0 Å². The highest BCUT2D eigenvalue weighted by molar-refractivity contribution is 7.12. The fourth-order valence-electron chi connectivity index (χ4n) is 4.32. The van der Waals surface area contributed by atoms with Gasteiger partial charge in [0.2, 0.25) is 5.91 Å². The first-order valence-corrected chi connectivity index (χ1v) is 11.6. The van der Waals surface area contributed by atoms with E-state index in [4.69, 9.17) is 0 Å². The number of aromatic nitrogens is 3. The van der Waals surface area contributed by atoms with Gasteiger partial charge in [-0.3, -0.25) is 9.59 Å². The number of nitrogens with zero attached hydrogens (tertiary/aromatic N) is 4. The average molecular weight is 416 g/mol. The van der Waals surface area contributed by atoms with Crippen LogP contribution in [0.15, 0.2) is 17.5 Å². The van der Waals surface area contributed by atoms with Crippen LogP contribution in [-0.2, 0) is 17.8 Å². The molecule has 0 spiro atoms. The number of likely N-dealkylation sites (tertiary alicyclic amines) is 1. The molecule has 0 bridgehead atoms. The lowest BCUT2D eigenvalue weighted by molar-refractivity contribution is -0.132. The summed E-state index contributed by atoms with van der Waals surface area (Å²) in [6.45, 7) is 3.08. The number of hydrogen-bond acceptors (Lipinski definition) is 5. The van der Waals surface area contributed by atoms with Crippen LogP contribution >= 0.6 is 11.3 Å². The molecule has 2 aromatic heterocycles. The van der Waals surface area contributed by atoms with Crippen LogP contribution in [0.2, 0.25) is 0 Å². The third-order valence-electron chi connectivity index (χ3n) is 5.88. The van der Waals surface area contributed by atoms with Crippen molar-refractivity contribution >= 4 is 23.2 Å². The molecule has 1 N–H and O–H groups in total. The Morgan fingerprint density at radius 2 is 2.10 bits per heavy atom. The first kappa shape index (κ1) is 20.1. The molecular formula is C21H29N5O2S. The summed E-state index contributed by atoms with van der Waals surface area (Å²) < 4.78 is 2.31. The minimum atomic E-state index is -0.0574. The number of piperidine rings is 1. The molecule has 1 unspecified atom stereocenters. The number of hydrogen-bond donors (Lipinski definition) is 1. The van der Waals surface area contributed by atoms with Crippen LogP contribution in [-0.4, -0.2) is 51.1 Å². The summed E-state index contributed by atoms with van der Waals surface area (Å²) in [6.07, 6.45) is 7.85. The summed E-state index contributed by atoms with van der Waals surface area (Å²) in [5.41, 5.74) is 0. The van der Waals surface area contributed by atoms with E-state index in [9.17, 15) is 9.59 Å². The number of fused-ring (bicyclic) bond motifs is 1. The van der Waals surface area contributed by atoms with Gasteiger partial charge in [0.1, 0.15) is 11.6 Å². The molecule has 1 atom stereocenters. The smallest absolute Gasteiger partial charge is 0.261 e. The number of carbonyl (C=O) groups excluding carboxylic acids is 2. The molecule has 29 heavy (non-hydrogen) atoms. The maximum atomic E-state index is 12.7. The maximum absolute atomic E-state index is 12.7. The standard InChI is InChI=1S/C21H29N5O2S/c27-19(10-4-11-22-21(28)17-8-6-14-29-17)25-12-5-7-16(15-25)20-24-23-18-9-2-1-3-13-26(18)20/h6,8,14,16H,1-5,7,9-13,15H2,(H,22,28). The van der Waals surface area contributed by atoms with Gasteiger partial charge in [-0.05, 0) is 43.6 Å². The number of rotatable bonds is 6. The van der Waals surface area contributed by atoms with Crippen molar-refractivity contribution in [2.45, 2.75) is 63.8 Å². The van der Waals surface area contributed by atoms with Gasteiger partial charge >= 0.3 is 0 Å². The monoisotopic (exact) mass is 415 g/mol. The quantitative estimate of drug-likeness (QED) is 0.736. The molecule has 8 heteroatoms. The molecule has 156 valence electrons. The summed E-state index contributed by atoms with van der Waals surface area (Å²) >= 11 is 1.43. The van der Waals surface area contributed by atoms with Crippen molar-refractivity contribution in [1.82, 2.24) is 25.0 Å². The van der Waals surface area contributed by atoms with Gasteiger partial charge in [0.25, 0.3) is 5.91 Å². The summed E-state index contributed by atoms with van der Waals surface area (Å²) in [6, 6.07) is 3.67. The highest BCUT2D eigenvalue weighted by Gasteiger charge is 2.29. The first-order valence-electron chi connectivity index (χ1n) is 10.7. The third-order valence-corrected chi connectivity index (χ3v) is 6.74. The molecule has 0 aromatic carbocycles. The number of amides is 2. The van der Waals surface area contributed by atoms with Crippen LogP contribution in [0.1, 0.15) is 72.2 Å². The van der Waals surface area contributed by atoms with E-state index in [-0.39, 0.29) is 17.7 Å². The lowest BCUT2D eigenvalue weighted by Crippen LogP contribution is -2.40. The summed E-state index contributed by atoms with van der Waals surface area (Å²) in [5, 5.41) is 13.7. The van der Waals surface area contributed by atoms with Crippen LogP contribution in [0.5, 0.6) is 0 Å². The molecule has 2 aromatic rings. The Labute approximate surface area is 175 Å². The van der Waals surface area contributed by atoms with Gasteiger partial charge in [-0.1, -0.05) is 12.5 Å². The molecular weight excluding hydrogens is 386 g/mol. The van der Waals surface area contributed by atoms with Crippen LogP contribution in [0.4, 0.5) is 0 Å². The molecule has 0 aliphatic carbocycles. The predicted molar refractivity (Wildman–Crippen MR) is 112 cm³/mol. The van der Waals surface area contributed by atoms with Crippen LogP contribution < -0.4 is 5.32 Å². The van der Waals surface area contributed by atoms with E-state index in [0.717, 1.165) is 50.5 Å². The van der Waals surface area contributed by atoms with Crippen molar-refractivity contribution < 1.29 is 9.59 Å². The van der Waals surface area contributed by atoms with Gasteiger partial charge in [-0.15, -0.1) is 21.5 Å². The van der Waals surface area contributed by atoms with Crippen molar-refractivity contribution in [1.29, 1.82) is 0 Å². The predicted octanol–water partition coefficient (Wildman–Crippen LogP) is 2.98. The molecule has 2 amide bonds. The fraction of sp³-hybridized carbons (Fsp3) is 0.619. The second-order valence-electron chi connectivity index (χ2n) is 7.95. The van der Waals surface area contributed by atoms with E-state index in [1.807, 2.05) is 22.4 Å².